The van der Waals surface area contributed by atoms with E-state index >= 15 is 0 Å². The molecular weight excluding hydrogens is 303 g/mol. The first-order chi connectivity index (χ1) is 10.9. The van der Waals surface area contributed by atoms with Crippen LogP contribution in [0.4, 0.5) is 10.1 Å². The van der Waals surface area contributed by atoms with Crippen LogP contribution >= 0.6 is 0 Å². The van der Waals surface area contributed by atoms with Crippen LogP contribution in [0.5, 0.6) is 0 Å². The van der Waals surface area contributed by atoms with Crippen molar-refractivity contribution in [2.45, 2.75) is 13.8 Å². The first-order valence-electron chi connectivity index (χ1n) is 6.90. The molecule has 0 unspecified atom stereocenters. The summed E-state index contributed by atoms with van der Waals surface area (Å²) in [6.07, 6.45) is 0. The first kappa shape index (κ1) is 16.4. The number of anilines is 1. The van der Waals surface area contributed by atoms with Gasteiger partial charge in [0.1, 0.15) is 11.4 Å². The van der Waals surface area contributed by atoms with Crippen LogP contribution in [0, 0.1) is 12.7 Å². The molecule has 1 heterocycles. The molecule has 0 radical (unpaired) electrons. The van der Waals surface area contributed by atoms with E-state index in [9.17, 15) is 18.8 Å². The van der Waals surface area contributed by atoms with Gasteiger partial charge in [0.05, 0.1) is 12.2 Å². The normalized spacial score (nSPS) is 10.2. The fourth-order valence-corrected chi connectivity index (χ4v) is 1.98. The third-order valence-corrected chi connectivity index (χ3v) is 3.06. The van der Waals surface area contributed by atoms with Crippen LogP contribution in [0.2, 0.25) is 0 Å². The summed E-state index contributed by atoms with van der Waals surface area (Å²) in [5, 5.41) is 2.41. The molecule has 2 aromatic rings. The first-order valence-corrected chi connectivity index (χ1v) is 6.90. The van der Waals surface area contributed by atoms with Crippen molar-refractivity contribution in [3.8, 4) is 0 Å². The Morgan fingerprint density at radius 1 is 1.26 bits per heavy atom. The van der Waals surface area contributed by atoms with Gasteiger partial charge in [0.25, 0.3) is 11.5 Å². The van der Waals surface area contributed by atoms with Gasteiger partial charge in [-0.15, -0.1) is 0 Å². The lowest BCUT2D eigenvalue weighted by atomic mass is 10.1. The van der Waals surface area contributed by atoms with E-state index in [1.165, 1.54) is 31.2 Å². The molecule has 0 fully saturated rings. The molecule has 2 rings (SSSR count). The average molecular weight is 318 g/mol. The SMILES string of the molecule is CCOC(=O)c1cc(C(=O)Nc2cccc(F)c2)c(=O)[nH]c1C. The Bertz CT molecular complexity index is 814. The number of aromatic nitrogens is 1. The van der Waals surface area contributed by atoms with Crippen molar-refractivity contribution in [1.29, 1.82) is 0 Å². The fraction of sp³-hybridized carbons (Fsp3) is 0.188. The van der Waals surface area contributed by atoms with Crippen molar-refractivity contribution in [3.63, 3.8) is 0 Å². The number of carbonyl (C=O) groups excluding carboxylic acids is 2. The molecular formula is C16H15FN2O4. The Labute approximate surface area is 131 Å². The zero-order chi connectivity index (χ0) is 17.0. The van der Waals surface area contributed by atoms with Gasteiger partial charge < -0.3 is 15.0 Å². The molecule has 1 aromatic carbocycles. The highest BCUT2D eigenvalue weighted by Crippen LogP contribution is 2.12. The van der Waals surface area contributed by atoms with Crippen LogP contribution in [0.15, 0.2) is 35.1 Å². The van der Waals surface area contributed by atoms with Gasteiger partial charge in [-0.3, -0.25) is 9.59 Å². The second kappa shape index (κ2) is 6.87. The monoisotopic (exact) mass is 318 g/mol. The molecule has 0 saturated heterocycles. The maximum atomic E-state index is 13.1. The summed E-state index contributed by atoms with van der Waals surface area (Å²) in [6.45, 7) is 3.35. The third-order valence-electron chi connectivity index (χ3n) is 3.06. The van der Waals surface area contributed by atoms with E-state index < -0.39 is 23.3 Å². The molecule has 0 spiro atoms. The van der Waals surface area contributed by atoms with Crippen molar-refractivity contribution in [2.24, 2.45) is 0 Å². The van der Waals surface area contributed by atoms with Crippen molar-refractivity contribution >= 4 is 17.6 Å². The second-order valence-electron chi connectivity index (χ2n) is 4.74. The smallest absolute Gasteiger partial charge is 0.339 e. The number of carbonyl (C=O) groups is 2. The topological polar surface area (TPSA) is 88.3 Å². The summed E-state index contributed by atoms with van der Waals surface area (Å²) in [7, 11) is 0. The van der Waals surface area contributed by atoms with Crippen molar-refractivity contribution in [2.75, 3.05) is 11.9 Å². The Balaban J connectivity index is 2.34. The molecule has 23 heavy (non-hydrogen) atoms. The summed E-state index contributed by atoms with van der Waals surface area (Å²) >= 11 is 0. The summed E-state index contributed by atoms with van der Waals surface area (Å²) in [4.78, 5) is 38.4. The Morgan fingerprint density at radius 3 is 2.65 bits per heavy atom. The quantitative estimate of drug-likeness (QED) is 0.846. The van der Waals surface area contributed by atoms with E-state index in [0.717, 1.165) is 6.07 Å². The number of ether oxygens (including phenoxy) is 1. The van der Waals surface area contributed by atoms with Crippen LogP contribution in [0.25, 0.3) is 0 Å². The molecule has 0 aliphatic carbocycles. The predicted octanol–water partition coefficient (Wildman–Crippen LogP) is 2.25. The van der Waals surface area contributed by atoms with Crippen molar-refractivity contribution in [3.05, 3.63) is 63.3 Å². The van der Waals surface area contributed by atoms with E-state index in [-0.39, 0.29) is 23.4 Å². The van der Waals surface area contributed by atoms with Crippen LogP contribution in [-0.2, 0) is 4.74 Å². The van der Waals surface area contributed by atoms with Crippen LogP contribution in [0.3, 0.4) is 0 Å². The Hall–Kier alpha value is -2.96. The molecule has 0 aliphatic rings. The van der Waals surface area contributed by atoms with E-state index in [0.29, 0.717) is 5.69 Å². The molecule has 120 valence electrons. The number of benzene rings is 1. The van der Waals surface area contributed by atoms with Gasteiger partial charge in [-0.25, -0.2) is 9.18 Å². The maximum absolute atomic E-state index is 13.1. The number of aryl methyl sites for hydroxylation is 1. The van der Waals surface area contributed by atoms with E-state index in [2.05, 4.69) is 10.3 Å². The second-order valence-corrected chi connectivity index (χ2v) is 4.74. The summed E-state index contributed by atoms with van der Waals surface area (Å²) in [5.74, 6) is -1.91. The summed E-state index contributed by atoms with van der Waals surface area (Å²) < 4.78 is 18.0. The molecule has 0 bridgehead atoms. The molecule has 0 saturated carbocycles. The Kier molecular flexibility index (Phi) is 4.90. The van der Waals surface area contributed by atoms with E-state index in [1.807, 2.05) is 0 Å². The molecule has 7 heteroatoms. The maximum Gasteiger partial charge on any atom is 0.339 e. The number of pyridine rings is 1. The van der Waals surface area contributed by atoms with Gasteiger partial charge in [-0.05, 0) is 38.1 Å². The zero-order valence-corrected chi connectivity index (χ0v) is 12.6. The molecule has 1 amide bonds. The highest BCUT2D eigenvalue weighted by atomic mass is 19.1. The van der Waals surface area contributed by atoms with Gasteiger partial charge in [-0.1, -0.05) is 6.07 Å². The van der Waals surface area contributed by atoms with Gasteiger partial charge in [0, 0.05) is 11.4 Å². The molecule has 2 N–H and O–H groups in total. The number of hydrogen-bond acceptors (Lipinski definition) is 4. The number of aromatic amines is 1. The lowest BCUT2D eigenvalue weighted by molar-refractivity contribution is 0.0525. The lowest BCUT2D eigenvalue weighted by Gasteiger charge is -2.08. The van der Waals surface area contributed by atoms with Crippen molar-refractivity contribution < 1.29 is 18.7 Å². The highest BCUT2D eigenvalue weighted by molar-refractivity contribution is 6.05. The number of amides is 1. The lowest BCUT2D eigenvalue weighted by Crippen LogP contribution is -2.25. The number of nitrogens with one attached hydrogen (secondary N) is 2. The van der Waals surface area contributed by atoms with Crippen LogP contribution < -0.4 is 10.9 Å². The van der Waals surface area contributed by atoms with Crippen LogP contribution in [-0.4, -0.2) is 23.5 Å². The number of hydrogen-bond donors (Lipinski definition) is 2. The molecule has 0 atom stereocenters. The standard InChI is InChI=1S/C16H15FN2O4/c1-3-23-16(22)12-8-13(14(20)18-9(12)2)15(21)19-11-6-4-5-10(17)7-11/h4-8H,3H2,1-2H3,(H,18,20)(H,19,21). The molecule has 6 nitrogen and oxygen atoms in total. The summed E-state index contributed by atoms with van der Waals surface area (Å²) in [5.41, 5.74) is -0.313. The zero-order valence-electron chi connectivity index (χ0n) is 12.6. The number of H-pyrrole nitrogens is 1. The number of rotatable bonds is 4. The minimum atomic E-state index is -0.748. The number of esters is 1. The summed E-state index contributed by atoms with van der Waals surface area (Å²) in [6, 6.07) is 6.42. The van der Waals surface area contributed by atoms with Gasteiger partial charge in [0.2, 0.25) is 0 Å². The molecule has 1 aromatic heterocycles. The largest absolute Gasteiger partial charge is 0.462 e. The van der Waals surface area contributed by atoms with Gasteiger partial charge >= 0.3 is 5.97 Å². The van der Waals surface area contributed by atoms with Gasteiger partial charge in [-0.2, -0.15) is 0 Å². The van der Waals surface area contributed by atoms with Gasteiger partial charge in [0.15, 0.2) is 0 Å². The molecule has 0 aliphatic heterocycles. The predicted molar refractivity (Wildman–Crippen MR) is 82.1 cm³/mol. The Morgan fingerprint density at radius 2 is 2.00 bits per heavy atom. The van der Waals surface area contributed by atoms with Crippen LogP contribution in [0.1, 0.15) is 33.3 Å². The highest BCUT2D eigenvalue weighted by Gasteiger charge is 2.18. The fourth-order valence-electron chi connectivity index (χ4n) is 1.98. The van der Waals surface area contributed by atoms with E-state index in [4.69, 9.17) is 4.74 Å². The minimum absolute atomic E-state index is 0.0934. The minimum Gasteiger partial charge on any atom is -0.462 e. The van der Waals surface area contributed by atoms with E-state index in [1.54, 1.807) is 6.92 Å². The number of halogens is 1. The van der Waals surface area contributed by atoms with Crippen molar-refractivity contribution in [1.82, 2.24) is 4.98 Å². The third kappa shape index (κ3) is 3.82. The average Bonchev–Trinajstić information content (AvgIpc) is 2.47.